The quantitative estimate of drug-likeness (QED) is 0.522. The lowest BCUT2D eigenvalue weighted by molar-refractivity contribution is -0.114. The van der Waals surface area contributed by atoms with Crippen molar-refractivity contribution >= 4 is 29.7 Å². The molecule has 0 unspecified atom stereocenters. The SMILES string of the molecule is CC(=O)Nc1ccc(C(=O)/C=C/c2ccc(C=O)cc2)cc1. The third-order valence-corrected chi connectivity index (χ3v) is 2.99. The number of nitrogens with one attached hydrogen (secondary N) is 1. The smallest absolute Gasteiger partial charge is 0.221 e. The van der Waals surface area contributed by atoms with Crippen LogP contribution < -0.4 is 5.32 Å². The van der Waals surface area contributed by atoms with E-state index in [2.05, 4.69) is 5.32 Å². The molecule has 4 nitrogen and oxygen atoms in total. The van der Waals surface area contributed by atoms with Gasteiger partial charge in [-0.25, -0.2) is 0 Å². The van der Waals surface area contributed by atoms with E-state index in [-0.39, 0.29) is 11.7 Å². The van der Waals surface area contributed by atoms with Gasteiger partial charge in [0.25, 0.3) is 0 Å². The number of hydrogen-bond donors (Lipinski definition) is 1. The summed E-state index contributed by atoms with van der Waals surface area (Å²) >= 11 is 0. The van der Waals surface area contributed by atoms with Crippen LogP contribution >= 0.6 is 0 Å². The van der Waals surface area contributed by atoms with Gasteiger partial charge in [-0.3, -0.25) is 14.4 Å². The van der Waals surface area contributed by atoms with Crippen molar-refractivity contribution < 1.29 is 14.4 Å². The number of amides is 1. The largest absolute Gasteiger partial charge is 0.326 e. The van der Waals surface area contributed by atoms with Gasteiger partial charge in [0.2, 0.25) is 5.91 Å². The highest BCUT2D eigenvalue weighted by Gasteiger charge is 2.02. The Morgan fingerprint density at radius 3 is 2.05 bits per heavy atom. The second-order valence-electron chi connectivity index (χ2n) is 4.74. The molecular formula is C18H15NO3. The number of carbonyl (C=O) groups is 3. The van der Waals surface area contributed by atoms with Gasteiger partial charge in [0.05, 0.1) is 0 Å². The van der Waals surface area contributed by atoms with Crippen molar-refractivity contribution in [1.29, 1.82) is 0 Å². The fraction of sp³-hybridized carbons (Fsp3) is 0.0556. The van der Waals surface area contributed by atoms with Crippen LogP contribution in [0.2, 0.25) is 0 Å². The molecule has 0 aliphatic rings. The highest BCUT2D eigenvalue weighted by Crippen LogP contribution is 2.11. The first-order chi connectivity index (χ1) is 10.6. The molecule has 0 heterocycles. The Bertz CT molecular complexity index is 713. The average Bonchev–Trinajstić information content (AvgIpc) is 2.53. The number of carbonyl (C=O) groups excluding carboxylic acids is 3. The van der Waals surface area contributed by atoms with E-state index < -0.39 is 0 Å². The molecule has 0 fully saturated rings. The maximum Gasteiger partial charge on any atom is 0.221 e. The summed E-state index contributed by atoms with van der Waals surface area (Å²) in [4.78, 5) is 33.5. The summed E-state index contributed by atoms with van der Waals surface area (Å²) in [5.74, 6) is -0.286. The first kappa shape index (κ1) is 15.4. The summed E-state index contributed by atoms with van der Waals surface area (Å²) in [6, 6.07) is 13.6. The predicted molar refractivity (Wildman–Crippen MR) is 85.9 cm³/mol. The third-order valence-electron chi connectivity index (χ3n) is 2.99. The number of benzene rings is 2. The molecule has 0 saturated carbocycles. The van der Waals surface area contributed by atoms with Crippen LogP contribution in [0.1, 0.15) is 33.2 Å². The molecule has 0 bridgehead atoms. The lowest BCUT2D eigenvalue weighted by Gasteiger charge is -2.02. The van der Waals surface area contributed by atoms with E-state index >= 15 is 0 Å². The van der Waals surface area contributed by atoms with Crippen molar-refractivity contribution in [3.8, 4) is 0 Å². The molecule has 2 rings (SSSR count). The lowest BCUT2D eigenvalue weighted by atomic mass is 10.1. The highest BCUT2D eigenvalue weighted by atomic mass is 16.1. The second-order valence-corrected chi connectivity index (χ2v) is 4.74. The van der Waals surface area contributed by atoms with Gasteiger partial charge in [0, 0.05) is 23.7 Å². The van der Waals surface area contributed by atoms with Crippen molar-refractivity contribution in [2.45, 2.75) is 6.92 Å². The molecule has 0 radical (unpaired) electrons. The van der Waals surface area contributed by atoms with Crippen molar-refractivity contribution in [2.75, 3.05) is 5.32 Å². The van der Waals surface area contributed by atoms with E-state index in [1.807, 2.05) is 0 Å². The summed E-state index contributed by atoms with van der Waals surface area (Å²) in [5, 5.41) is 2.64. The van der Waals surface area contributed by atoms with E-state index in [1.165, 1.54) is 13.0 Å². The Balaban J connectivity index is 2.05. The molecule has 0 spiro atoms. The van der Waals surface area contributed by atoms with Gasteiger partial charge in [-0.2, -0.15) is 0 Å². The number of rotatable bonds is 5. The van der Waals surface area contributed by atoms with Crippen LogP contribution in [0.3, 0.4) is 0 Å². The molecule has 2 aromatic carbocycles. The molecule has 0 aliphatic carbocycles. The zero-order valence-electron chi connectivity index (χ0n) is 12.1. The maximum atomic E-state index is 12.0. The van der Waals surface area contributed by atoms with Crippen molar-refractivity contribution in [2.24, 2.45) is 0 Å². The Morgan fingerprint density at radius 2 is 1.50 bits per heavy atom. The van der Waals surface area contributed by atoms with Gasteiger partial charge >= 0.3 is 0 Å². The standard InChI is InChI=1S/C18H15NO3/c1-13(21)19-17-9-7-16(8-10-17)18(22)11-6-14-2-4-15(12-20)5-3-14/h2-12H,1H3,(H,19,21)/b11-6+. The van der Waals surface area contributed by atoms with E-state index in [0.29, 0.717) is 16.8 Å². The van der Waals surface area contributed by atoms with Crippen molar-refractivity contribution in [1.82, 2.24) is 0 Å². The van der Waals surface area contributed by atoms with Crippen molar-refractivity contribution in [3.63, 3.8) is 0 Å². The minimum Gasteiger partial charge on any atom is -0.326 e. The van der Waals surface area contributed by atoms with Crippen LogP contribution in [0.25, 0.3) is 6.08 Å². The minimum atomic E-state index is -0.155. The lowest BCUT2D eigenvalue weighted by Crippen LogP contribution is -2.05. The van der Waals surface area contributed by atoms with Crippen LogP contribution in [0, 0.1) is 0 Å². The fourth-order valence-corrected chi connectivity index (χ4v) is 1.87. The van der Waals surface area contributed by atoms with Gasteiger partial charge in [-0.05, 0) is 35.9 Å². The van der Waals surface area contributed by atoms with Crippen molar-refractivity contribution in [3.05, 3.63) is 71.3 Å². The first-order valence-corrected chi connectivity index (χ1v) is 6.74. The monoisotopic (exact) mass is 293 g/mol. The normalized spacial score (nSPS) is 10.4. The first-order valence-electron chi connectivity index (χ1n) is 6.74. The van der Waals surface area contributed by atoms with Crippen LogP contribution in [-0.2, 0) is 4.79 Å². The fourth-order valence-electron chi connectivity index (χ4n) is 1.87. The zero-order chi connectivity index (χ0) is 15.9. The Hall–Kier alpha value is -3.01. The summed E-state index contributed by atoms with van der Waals surface area (Å²) in [6.07, 6.45) is 3.94. The molecule has 0 atom stereocenters. The molecule has 22 heavy (non-hydrogen) atoms. The van der Waals surface area contributed by atoms with Crippen LogP contribution in [0.5, 0.6) is 0 Å². The molecule has 1 N–H and O–H groups in total. The van der Waals surface area contributed by atoms with Gasteiger partial charge in [0.1, 0.15) is 6.29 Å². The molecule has 0 aromatic heterocycles. The Labute approximate surface area is 128 Å². The molecule has 2 aromatic rings. The van der Waals surface area contributed by atoms with Crippen LogP contribution in [0.15, 0.2) is 54.6 Å². The number of aldehydes is 1. The third kappa shape index (κ3) is 4.24. The van der Waals surface area contributed by atoms with E-state index in [4.69, 9.17) is 0 Å². The second kappa shape index (κ2) is 7.13. The van der Waals surface area contributed by atoms with Gasteiger partial charge in [-0.15, -0.1) is 0 Å². The maximum absolute atomic E-state index is 12.0. The molecule has 110 valence electrons. The minimum absolute atomic E-state index is 0.131. The molecular weight excluding hydrogens is 278 g/mol. The van der Waals surface area contributed by atoms with Crippen LogP contribution in [0.4, 0.5) is 5.69 Å². The summed E-state index contributed by atoms with van der Waals surface area (Å²) in [6.45, 7) is 1.43. The zero-order valence-corrected chi connectivity index (χ0v) is 12.1. The van der Waals surface area contributed by atoms with Gasteiger partial charge in [0.15, 0.2) is 5.78 Å². The van der Waals surface area contributed by atoms with E-state index in [9.17, 15) is 14.4 Å². The molecule has 4 heteroatoms. The number of hydrogen-bond acceptors (Lipinski definition) is 3. The Morgan fingerprint density at radius 1 is 0.909 bits per heavy atom. The number of allylic oxidation sites excluding steroid dienone is 1. The van der Waals surface area contributed by atoms with Gasteiger partial charge < -0.3 is 5.32 Å². The topological polar surface area (TPSA) is 63.2 Å². The molecule has 0 saturated heterocycles. The summed E-state index contributed by atoms with van der Waals surface area (Å²) in [7, 11) is 0. The van der Waals surface area contributed by atoms with Gasteiger partial charge in [-0.1, -0.05) is 30.3 Å². The number of anilines is 1. The summed E-state index contributed by atoms with van der Waals surface area (Å²) < 4.78 is 0. The average molecular weight is 293 g/mol. The number of ketones is 1. The Kier molecular flexibility index (Phi) is 4.98. The van der Waals surface area contributed by atoms with E-state index in [0.717, 1.165) is 11.8 Å². The van der Waals surface area contributed by atoms with E-state index in [1.54, 1.807) is 54.6 Å². The predicted octanol–water partition coefficient (Wildman–Crippen LogP) is 3.35. The molecule has 0 aliphatic heterocycles. The van der Waals surface area contributed by atoms with Crippen LogP contribution in [-0.4, -0.2) is 18.0 Å². The molecule has 1 amide bonds. The highest BCUT2D eigenvalue weighted by molar-refractivity contribution is 6.07. The summed E-state index contributed by atoms with van der Waals surface area (Å²) in [5.41, 5.74) is 2.62.